The zero-order chi connectivity index (χ0) is 14.5. The van der Waals surface area contributed by atoms with Gasteiger partial charge in [-0.15, -0.1) is 0 Å². The van der Waals surface area contributed by atoms with Crippen LogP contribution in [0.5, 0.6) is 0 Å². The molecule has 0 spiro atoms. The molecule has 0 radical (unpaired) electrons. The Morgan fingerprint density at radius 3 is 2.57 bits per heavy atom. The van der Waals surface area contributed by atoms with Crippen molar-refractivity contribution in [3.8, 4) is 17.2 Å². The highest BCUT2D eigenvalue weighted by atomic mass is 15.0. The van der Waals surface area contributed by atoms with Gasteiger partial charge in [-0.2, -0.15) is 5.26 Å². The molecule has 21 heavy (non-hydrogen) atoms. The first kappa shape index (κ1) is 13.6. The summed E-state index contributed by atoms with van der Waals surface area (Å²) >= 11 is 0. The highest BCUT2D eigenvalue weighted by Gasteiger charge is 2.15. The summed E-state index contributed by atoms with van der Waals surface area (Å²) in [6.45, 7) is 0. The van der Waals surface area contributed by atoms with E-state index in [1.165, 1.54) is 32.1 Å². The molecule has 0 saturated heterocycles. The monoisotopic (exact) mass is 278 g/mol. The molecule has 2 aromatic rings. The van der Waals surface area contributed by atoms with Gasteiger partial charge < -0.3 is 5.32 Å². The van der Waals surface area contributed by atoms with Gasteiger partial charge in [-0.25, -0.2) is 4.98 Å². The smallest absolute Gasteiger partial charge is 0.144 e. The lowest BCUT2D eigenvalue weighted by Gasteiger charge is -2.23. The largest absolute Gasteiger partial charge is 0.366 e. The standard InChI is InChI=1S/C17H18N4/c18-11-14-10-15(13-6-8-19-9-7-13)12-20-17(14)21-16-4-2-1-3-5-16/h6-10,12,16H,1-5H2,(H,20,21). The van der Waals surface area contributed by atoms with E-state index in [1.807, 2.05) is 24.4 Å². The van der Waals surface area contributed by atoms with Crippen LogP contribution in [0.15, 0.2) is 36.8 Å². The van der Waals surface area contributed by atoms with Crippen LogP contribution in [-0.4, -0.2) is 16.0 Å². The fraction of sp³-hybridized carbons (Fsp3) is 0.353. The topological polar surface area (TPSA) is 61.6 Å². The Balaban J connectivity index is 1.84. The van der Waals surface area contributed by atoms with Crippen LogP contribution in [0.4, 0.5) is 5.82 Å². The zero-order valence-corrected chi connectivity index (χ0v) is 11.9. The summed E-state index contributed by atoms with van der Waals surface area (Å²) in [6, 6.07) is 8.45. The maximum absolute atomic E-state index is 9.38. The van der Waals surface area contributed by atoms with Gasteiger partial charge in [0.1, 0.15) is 11.9 Å². The summed E-state index contributed by atoms with van der Waals surface area (Å²) in [5, 5.41) is 12.8. The van der Waals surface area contributed by atoms with Crippen LogP contribution in [0.3, 0.4) is 0 Å². The van der Waals surface area contributed by atoms with Gasteiger partial charge in [-0.3, -0.25) is 4.98 Å². The Morgan fingerprint density at radius 2 is 1.86 bits per heavy atom. The van der Waals surface area contributed by atoms with Crippen LogP contribution in [0.1, 0.15) is 37.7 Å². The molecular weight excluding hydrogens is 260 g/mol. The molecule has 1 aliphatic rings. The molecule has 2 heterocycles. The van der Waals surface area contributed by atoms with Crippen LogP contribution < -0.4 is 5.32 Å². The Bertz CT molecular complexity index is 640. The lowest BCUT2D eigenvalue weighted by molar-refractivity contribution is 0.462. The molecule has 4 nitrogen and oxygen atoms in total. The van der Waals surface area contributed by atoms with E-state index in [4.69, 9.17) is 0 Å². The predicted molar refractivity (Wildman–Crippen MR) is 82.7 cm³/mol. The van der Waals surface area contributed by atoms with Gasteiger partial charge in [0.2, 0.25) is 0 Å². The van der Waals surface area contributed by atoms with Gasteiger partial charge in [0.25, 0.3) is 0 Å². The van der Waals surface area contributed by atoms with Crippen molar-refractivity contribution in [1.82, 2.24) is 9.97 Å². The zero-order valence-electron chi connectivity index (χ0n) is 11.9. The molecule has 0 aromatic carbocycles. The van der Waals surface area contributed by atoms with Gasteiger partial charge in [0, 0.05) is 30.2 Å². The summed E-state index contributed by atoms with van der Waals surface area (Å²) in [6.07, 6.45) is 11.5. The van der Waals surface area contributed by atoms with E-state index < -0.39 is 0 Å². The van der Waals surface area contributed by atoms with Gasteiger partial charge >= 0.3 is 0 Å². The van der Waals surface area contributed by atoms with Gasteiger partial charge in [0.05, 0.1) is 5.56 Å². The first-order valence-electron chi connectivity index (χ1n) is 7.44. The van der Waals surface area contributed by atoms with E-state index in [-0.39, 0.29) is 0 Å². The molecule has 4 heteroatoms. The van der Waals surface area contributed by atoms with Crippen molar-refractivity contribution < 1.29 is 0 Å². The molecule has 0 aliphatic heterocycles. The number of nitriles is 1. The summed E-state index contributed by atoms with van der Waals surface area (Å²) in [5.41, 5.74) is 2.58. The number of pyridine rings is 2. The maximum atomic E-state index is 9.38. The second-order valence-electron chi connectivity index (χ2n) is 5.45. The van der Waals surface area contributed by atoms with Crippen LogP contribution in [0, 0.1) is 11.3 Å². The van der Waals surface area contributed by atoms with Crippen molar-refractivity contribution >= 4 is 5.82 Å². The summed E-state index contributed by atoms with van der Waals surface area (Å²) < 4.78 is 0. The first-order valence-corrected chi connectivity index (χ1v) is 7.44. The van der Waals surface area contributed by atoms with Crippen molar-refractivity contribution in [3.63, 3.8) is 0 Å². The van der Waals surface area contributed by atoms with Crippen molar-refractivity contribution in [1.29, 1.82) is 5.26 Å². The van der Waals surface area contributed by atoms with E-state index in [1.54, 1.807) is 12.4 Å². The van der Waals surface area contributed by atoms with Gasteiger partial charge in [0.15, 0.2) is 0 Å². The predicted octanol–water partition coefficient (Wildman–Crippen LogP) is 3.76. The van der Waals surface area contributed by atoms with Crippen molar-refractivity contribution in [2.75, 3.05) is 5.32 Å². The molecule has 0 unspecified atom stereocenters. The highest BCUT2D eigenvalue weighted by Crippen LogP contribution is 2.25. The number of anilines is 1. The Hall–Kier alpha value is -2.41. The maximum Gasteiger partial charge on any atom is 0.144 e. The average molecular weight is 278 g/mol. The Labute approximate surface area is 124 Å². The highest BCUT2D eigenvalue weighted by molar-refractivity contribution is 5.67. The summed E-state index contributed by atoms with van der Waals surface area (Å²) in [5.74, 6) is 0.710. The molecule has 106 valence electrons. The van der Waals surface area contributed by atoms with Crippen molar-refractivity contribution in [3.05, 3.63) is 42.4 Å². The minimum atomic E-state index is 0.449. The normalized spacial score (nSPS) is 15.4. The number of rotatable bonds is 3. The third kappa shape index (κ3) is 3.19. The molecule has 1 saturated carbocycles. The van der Waals surface area contributed by atoms with E-state index >= 15 is 0 Å². The third-order valence-electron chi connectivity index (χ3n) is 3.97. The molecule has 2 aromatic heterocycles. The lowest BCUT2D eigenvalue weighted by atomic mass is 9.95. The summed E-state index contributed by atoms with van der Waals surface area (Å²) in [7, 11) is 0. The first-order chi connectivity index (χ1) is 10.4. The van der Waals surface area contributed by atoms with E-state index in [0.29, 0.717) is 17.4 Å². The van der Waals surface area contributed by atoms with Crippen LogP contribution in [-0.2, 0) is 0 Å². The van der Waals surface area contributed by atoms with Crippen molar-refractivity contribution in [2.24, 2.45) is 0 Å². The molecule has 1 N–H and O–H groups in total. The Kier molecular flexibility index (Phi) is 4.11. The summed E-state index contributed by atoms with van der Waals surface area (Å²) in [4.78, 5) is 8.48. The minimum Gasteiger partial charge on any atom is -0.366 e. The number of hydrogen-bond acceptors (Lipinski definition) is 4. The van der Waals surface area contributed by atoms with Gasteiger partial charge in [-0.05, 0) is 36.6 Å². The van der Waals surface area contributed by atoms with E-state index in [9.17, 15) is 5.26 Å². The average Bonchev–Trinajstić information content (AvgIpc) is 2.57. The number of nitrogens with one attached hydrogen (secondary N) is 1. The quantitative estimate of drug-likeness (QED) is 0.928. The van der Waals surface area contributed by atoms with Crippen LogP contribution >= 0.6 is 0 Å². The minimum absolute atomic E-state index is 0.449. The van der Waals surface area contributed by atoms with Crippen LogP contribution in [0.25, 0.3) is 11.1 Å². The van der Waals surface area contributed by atoms with Gasteiger partial charge in [-0.1, -0.05) is 19.3 Å². The molecule has 0 amide bonds. The number of hydrogen-bond donors (Lipinski definition) is 1. The second-order valence-corrected chi connectivity index (χ2v) is 5.45. The molecule has 0 bridgehead atoms. The van der Waals surface area contributed by atoms with E-state index in [0.717, 1.165) is 11.1 Å². The molecule has 3 rings (SSSR count). The third-order valence-corrected chi connectivity index (χ3v) is 3.97. The molecular formula is C17H18N4. The van der Waals surface area contributed by atoms with E-state index in [2.05, 4.69) is 21.4 Å². The number of nitrogens with zero attached hydrogens (tertiary/aromatic N) is 3. The molecule has 1 aliphatic carbocycles. The fourth-order valence-corrected chi connectivity index (χ4v) is 2.81. The molecule has 0 atom stereocenters. The van der Waals surface area contributed by atoms with Crippen molar-refractivity contribution in [2.45, 2.75) is 38.1 Å². The Morgan fingerprint density at radius 1 is 1.10 bits per heavy atom. The SMILES string of the molecule is N#Cc1cc(-c2ccncc2)cnc1NC1CCCCC1. The number of aromatic nitrogens is 2. The second kappa shape index (κ2) is 6.36. The molecule has 1 fully saturated rings. The van der Waals surface area contributed by atoms with Crippen LogP contribution in [0.2, 0.25) is 0 Å². The fourth-order valence-electron chi connectivity index (χ4n) is 2.81. The lowest BCUT2D eigenvalue weighted by Crippen LogP contribution is -2.23.